The molecule has 1 aliphatic heterocycles. The number of nitrogens with zero attached hydrogens (tertiary/aromatic N) is 2. The lowest BCUT2D eigenvalue weighted by molar-refractivity contribution is -0.174. The van der Waals surface area contributed by atoms with Gasteiger partial charge in [-0.3, -0.25) is 4.79 Å². The number of fused-ring (bicyclic) bond motifs is 1. The molecular formula is C17H19F3N4O2. The van der Waals surface area contributed by atoms with Crippen molar-refractivity contribution in [3.05, 3.63) is 35.9 Å². The second-order valence-corrected chi connectivity index (χ2v) is 6.82. The molecule has 3 heterocycles. The molecule has 26 heavy (non-hydrogen) atoms. The predicted octanol–water partition coefficient (Wildman–Crippen LogP) is 3.81. The van der Waals surface area contributed by atoms with Crippen molar-refractivity contribution in [2.45, 2.75) is 56.4 Å². The maximum atomic E-state index is 13.6. The molecule has 2 N–H and O–H groups in total. The van der Waals surface area contributed by atoms with Crippen molar-refractivity contribution in [2.24, 2.45) is 0 Å². The van der Waals surface area contributed by atoms with Gasteiger partial charge >= 0.3 is 6.18 Å². The van der Waals surface area contributed by atoms with E-state index in [0.29, 0.717) is 5.76 Å². The smallest absolute Gasteiger partial charge is 0.410 e. The number of aromatic nitrogens is 2. The van der Waals surface area contributed by atoms with E-state index in [2.05, 4.69) is 15.7 Å². The summed E-state index contributed by atoms with van der Waals surface area (Å²) in [4.78, 5) is 12.4. The molecule has 2 aromatic heterocycles. The van der Waals surface area contributed by atoms with Crippen LogP contribution < -0.4 is 10.6 Å². The van der Waals surface area contributed by atoms with Crippen LogP contribution in [0.4, 0.5) is 19.0 Å². The number of alkyl halides is 3. The predicted molar refractivity (Wildman–Crippen MR) is 86.7 cm³/mol. The second kappa shape index (κ2) is 6.37. The number of halogens is 3. The minimum Gasteiger partial charge on any atom is -0.467 e. The fourth-order valence-corrected chi connectivity index (χ4v) is 3.69. The zero-order valence-corrected chi connectivity index (χ0v) is 13.9. The van der Waals surface area contributed by atoms with Crippen molar-refractivity contribution in [1.82, 2.24) is 15.1 Å². The highest BCUT2D eigenvalue weighted by molar-refractivity contribution is 5.93. The highest BCUT2D eigenvalue weighted by Crippen LogP contribution is 2.43. The van der Waals surface area contributed by atoms with Gasteiger partial charge in [0, 0.05) is 18.5 Å². The summed E-state index contributed by atoms with van der Waals surface area (Å²) in [5.74, 6) is 0.149. The van der Waals surface area contributed by atoms with E-state index in [1.807, 2.05) is 0 Å². The maximum absolute atomic E-state index is 13.6. The molecule has 1 amide bonds. The fourth-order valence-electron chi connectivity index (χ4n) is 3.69. The Labute approximate surface area is 147 Å². The summed E-state index contributed by atoms with van der Waals surface area (Å²) in [7, 11) is 0. The van der Waals surface area contributed by atoms with Crippen LogP contribution in [0.1, 0.15) is 60.4 Å². The standard InChI is InChI=1S/C17H19F3N4O2/c18-17(19,20)14-8-11(13-6-3-7-26-13)22-15-9-12(23-24(14)15)16(25)21-10-4-1-2-5-10/h3,6-7,9-11,14,22H,1-2,4-5,8H2,(H,21,25)/t11-,14+/m1/s1. The molecule has 9 heteroatoms. The molecule has 0 saturated heterocycles. The summed E-state index contributed by atoms with van der Waals surface area (Å²) >= 11 is 0. The van der Waals surface area contributed by atoms with Crippen LogP contribution in [0.3, 0.4) is 0 Å². The lowest BCUT2D eigenvalue weighted by atomic mass is 10.0. The monoisotopic (exact) mass is 368 g/mol. The Bertz CT molecular complexity index is 779. The Morgan fingerprint density at radius 1 is 1.35 bits per heavy atom. The van der Waals surface area contributed by atoms with Gasteiger partial charge in [0.2, 0.25) is 0 Å². The van der Waals surface area contributed by atoms with E-state index in [0.717, 1.165) is 30.4 Å². The summed E-state index contributed by atoms with van der Waals surface area (Å²) in [6.45, 7) is 0. The first kappa shape index (κ1) is 17.0. The van der Waals surface area contributed by atoms with Crippen LogP contribution in [0, 0.1) is 0 Å². The third-order valence-corrected chi connectivity index (χ3v) is 5.00. The van der Waals surface area contributed by atoms with Gasteiger partial charge in [-0.05, 0) is 25.0 Å². The van der Waals surface area contributed by atoms with Crippen LogP contribution in [0.25, 0.3) is 0 Å². The van der Waals surface area contributed by atoms with Crippen LogP contribution >= 0.6 is 0 Å². The highest BCUT2D eigenvalue weighted by Gasteiger charge is 2.47. The quantitative estimate of drug-likeness (QED) is 0.864. The number of carbonyl (C=O) groups excluding carboxylic acids is 1. The van der Waals surface area contributed by atoms with E-state index in [1.54, 1.807) is 12.1 Å². The van der Waals surface area contributed by atoms with Crippen molar-refractivity contribution in [3.63, 3.8) is 0 Å². The topological polar surface area (TPSA) is 72.1 Å². The largest absolute Gasteiger partial charge is 0.467 e. The number of hydrogen-bond donors (Lipinski definition) is 2. The Hall–Kier alpha value is -2.45. The third kappa shape index (κ3) is 3.17. The summed E-state index contributed by atoms with van der Waals surface area (Å²) in [6.07, 6.45) is 0.571. The Morgan fingerprint density at radius 3 is 2.77 bits per heavy atom. The molecule has 4 rings (SSSR count). The minimum absolute atomic E-state index is 0.00579. The highest BCUT2D eigenvalue weighted by atomic mass is 19.4. The molecule has 0 unspecified atom stereocenters. The molecule has 1 aliphatic carbocycles. The lowest BCUT2D eigenvalue weighted by Gasteiger charge is -2.32. The van der Waals surface area contributed by atoms with E-state index in [4.69, 9.17) is 4.42 Å². The molecule has 0 bridgehead atoms. The number of furan rings is 1. The van der Waals surface area contributed by atoms with Crippen molar-refractivity contribution < 1.29 is 22.4 Å². The molecule has 1 saturated carbocycles. The molecule has 6 nitrogen and oxygen atoms in total. The number of nitrogens with one attached hydrogen (secondary N) is 2. The van der Waals surface area contributed by atoms with Gasteiger partial charge in [-0.25, -0.2) is 4.68 Å². The van der Waals surface area contributed by atoms with E-state index in [1.165, 1.54) is 12.3 Å². The summed E-state index contributed by atoms with van der Waals surface area (Å²) < 4.78 is 46.8. The first-order valence-corrected chi connectivity index (χ1v) is 8.69. The van der Waals surface area contributed by atoms with Gasteiger partial charge < -0.3 is 15.1 Å². The average Bonchev–Trinajstić information content (AvgIpc) is 3.33. The Morgan fingerprint density at radius 2 is 2.12 bits per heavy atom. The molecule has 1 fully saturated rings. The zero-order chi connectivity index (χ0) is 18.3. The van der Waals surface area contributed by atoms with Crippen LogP contribution in [0.2, 0.25) is 0 Å². The van der Waals surface area contributed by atoms with E-state index in [9.17, 15) is 18.0 Å². The van der Waals surface area contributed by atoms with Crippen molar-refractivity contribution in [2.75, 3.05) is 5.32 Å². The molecule has 0 aromatic carbocycles. The summed E-state index contributed by atoms with van der Waals surface area (Å²) in [5.41, 5.74) is -0.00579. The molecule has 140 valence electrons. The second-order valence-electron chi connectivity index (χ2n) is 6.82. The lowest BCUT2D eigenvalue weighted by Crippen LogP contribution is -2.36. The summed E-state index contributed by atoms with van der Waals surface area (Å²) in [5, 5.41) is 9.80. The molecular weight excluding hydrogens is 349 g/mol. The van der Waals surface area contributed by atoms with Gasteiger partial charge in [0.15, 0.2) is 11.7 Å². The van der Waals surface area contributed by atoms with Gasteiger partial charge in [0.1, 0.15) is 11.6 Å². The maximum Gasteiger partial charge on any atom is 0.410 e. The van der Waals surface area contributed by atoms with Gasteiger partial charge in [-0.2, -0.15) is 18.3 Å². The first-order chi connectivity index (χ1) is 12.4. The van der Waals surface area contributed by atoms with Crippen molar-refractivity contribution in [1.29, 1.82) is 0 Å². The van der Waals surface area contributed by atoms with Crippen LogP contribution in [-0.4, -0.2) is 27.9 Å². The normalized spacial score (nSPS) is 23.5. The third-order valence-electron chi connectivity index (χ3n) is 5.00. The summed E-state index contributed by atoms with van der Waals surface area (Å²) in [6, 6.07) is 2.26. The molecule has 0 spiro atoms. The van der Waals surface area contributed by atoms with Gasteiger partial charge in [-0.15, -0.1) is 0 Å². The molecule has 2 aromatic rings. The Kier molecular flexibility index (Phi) is 4.16. The first-order valence-electron chi connectivity index (χ1n) is 8.69. The van der Waals surface area contributed by atoms with E-state index in [-0.39, 0.29) is 24.0 Å². The van der Waals surface area contributed by atoms with Crippen LogP contribution in [0.15, 0.2) is 28.9 Å². The van der Waals surface area contributed by atoms with Crippen molar-refractivity contribution in [3.8, 4) is 0 Å². The number of hydrogen-bond acceptors (Lipinski definition) is 4. The van der Waals surface area contributed by atoms with Gasteiger partial charge in [0.05, 0.1) is 12.3 Å². The molecule has 2 atom stereocenters. The molecule has 0 radical (unpaired) electrons. The van der Waals surface area contributed by atoms with Gasteiger partial charge in [0.25, 0.3) is 5.91 Å². The Balaban J connectivity index is 1.61. The van der Waals surface area contributed by atoms with Crippen LogP contribution in [-0.2, 0) is 0 Å². The number of anilines is 1. The zero-order valence-electron chi connectivity index (χ0n) is 13.9. The SMILES string of the molecule is O=C(NC1CCCC1)c1cc2n(n1)[C@H](C(F)(F)F)C[C@H](c1ccco1)N2. The molecule has 2 aliphatic rings. The minimum atomic E-state index is -4.48. The van der Waals surface area contributed by atoms with Crippen LogP contribution in [0.5, 0.6) is 0 Å². The number of rotatable bonds is 3. The number of carbonyl (C=O) groups is 1. The van der Waals surface area contributed by atoms with Crippen molar-refractivity contribution >= 4 is 11.7 Å². The van der Waals surface area contributed by atoms with Gasteiger partial charge in [-0.1, -0.05) is 12.8 Å². The average molecular weight is 368 g/mol. The van der Waals surface area contributed by atoms with E-state index < -0.39 is 24.2 Å². The number of amides is 1. The van der Waals surface area contributed by atoms with E-state index >= 15 is 0 Å². The fraction of sp³-hybridized carbons (Fsp3) is 0.529.